The van der Waals surface area contributed by atoms with Gasteiger partial charge in [-0.1, -0.05) is 18.2 Å². The van der Waals surface area contributed by atoms with E-state index in [0.717, 1.165) is 33.8 Å². The molecule has 5 N–H and O–H groups in total. The molecule has 2 aliphatic rings. The van der Waals surface area contributed by atoms with Crippen molar-refractivity contribution in [1.82, 2.24) is 15.1 Å². The minimum absolute atomic E-state index is 0.0782. The van der Waals surface area contributed by atoms with Gasteiger partial charge in [0.1, 0.15) is 5.82 Å². The van der Waals surface area contributed by atoms with E-state index in [4.69, 9.17) is 10.8 Å². The Hall–Kier alpha value is -2.72. The molecule has 1 saturated heterocycles. The molecule has 3 aromatic rings. The zero-order valence-corrected chi connectivity index (χ0v) is 22.3. The summed E-state index contributed by atoms with van der Waals surface area (Å²) in [6.45, 7) is 5.81. The second-order valence-corrected chi connectivity index (χ2v) is 13.7. The minimum atomic E-state index is -2.64. The minimum Gasteiger partial charge on any atom is -0.349 e. The van der Waals surface area contributed by atoms with Crippen LogP contribution in [0.25, 0.3) is 16.9 Å². The number of carbonyl (C=O) groups is 1. The number of fused-ring (bicyclic) bond motifs is 1. The Morgan fingerprint density at radius 2 is 1.97 bits per heavy atom. The average Bonchev–Trinajstić information content (AvgIpc) is 3.35. The zero-order valence-electron chi connectivity index (χ0n) is 21.5. The molecule has 5 rings (SSSR count). The van der Waals surface area contributed by atoms with Gasteiger partial charge in [-0.25, -0.2) is 9.07 Å². The molecule has 7 nitrogen and oxygen atoms in total. The summed E-state index contributed by atoms with van der Waals surface area (Å²) in [4.78, 5) is 13.3. The molecule has 37 heavy (non-hydrogen) atoms. The molecule has 2 unspecified atom stereocenters. The van der Waals surface area contributed by atoms with E-state index in [1.807, 2.05) is 43.7 Å². The first-order valence-corrected chi connectivity index (χ1v) is 14.5. The Labute approximate surface area is 218 Å². The number of hydrogen-bond acceptors (Lipinski definition) is 5. The maximum atomic E-state index is 13.7. The standard InChI is InChI=1S/C28H35FN4O3S/c1-27(2,30)20-6-4-5-18(15-20)25-23-12-7-19(26(34)31-28(3)13-14-37(35,36)17-28)16-24(23)33(32-25)22-10-8-21(29)9-11-22/h4-6,8-11,15,19,35-36H,7,12-14,16-17,30H2,1-3H3,(H,31,34). The average molecular weight is 527 g/mol. The first kappa shape index (κ1) is 25.9. The largest absolute Gasteiger partial charge is 0.349 e. The molecular formula is C28H35FN4O3S. The van der Waals surface area contributed by atoms with Crippen LogP contribution < -0.4 is 11.1 Å². The summed E-state index contributed by atoms with van der Waals surface area (Å²) in [5.74, 6) is -0.168. The molecular weight excluding hydrogens is 491 g/mol. The highest BCUT2D eigenvalue weighted by molar-refractivity contribution is 8.24. The number of aromatic nitrogens is 2. The number of nitrogens with zero attached hydrogens (tertiary/aromatic N) is 2. The SMILES string of the molecule is CC1(NC(=O)C2CCc3c(-c4cccc(C(C)(C)N)c4)nn(-c4ccc(F)cc4)c3C2)CCS(O)(O)C1. The van der Waals surface area contributed by atoms with Crippen LogP contribution in [0.4, 0.5) is 4.39 Å². The third kappa shape index (κ3) is 5.31. The second kappa shape index (κ2) is 9.23. The number of rotatable bonds is 5. The first-order valence-electron chi connectivity index (χ1n) is 12.7. The van der Waals surface area contributed by atoms with Crippen LogP contribution in [0.15, 0.2) is 48.5 Å². The predicted octanol–water partition coefficient (Wildman–Crippen LogP) is 5.01. The van der Waals surface area contributed by atoms with E-state index in [9.17, 15) is 18.3 Å². The molecule has 9 heteroatoms. The molecule has 198 valence electrons. The Balaban J connectivity index is 1.50. The molecule has 0 bridgehead atoms. The topological polar surface area (TPSA) is 113 Å². The number of benzene rings is 2. The van der Waals surface area contributed by atoms with Crippen LogP contribution in [0.1, 0.15) is 50.4 Å². The Kier molecular flexibility index (Phi) is 6.47. The predicted molar refractivity (Wildman–Crippen MR) is 145 cm³/mol. The van der Waals surface area contributed by atoms with Crippen LogP contribution in [0.3, 0.4) is 0 Å². The van der Waals surface area contributed by atoms with Gasteiger partial charge >= 0.3 is 0 Å². The van der Waals surface area contributed by atoms with E-state index in [1.54, 1.807) is 12.1 Å². The summed E-state index contributed by atoms with van der Waals surface area (Å²) in [7, 11) is -2.64. The molecule has 2 heterocycles. The van der Waals surface area contributed by atoms with Gasteiger partial charge < -0.3 is 11.1 Å². The smallest absolute Gasteiger partial charge is 0.223 e. The number of nitrogens with two attached hydrogens (primary N) is 1. The first-order chi connectivity index (χ1) is 17.3. The lowest BCUT2D eigenvalue weighted by Crippen LogP contribution is -2.49. The van der Waals surface area contributed by atoms with Crippen LogP contribution in [0.2, 0.25) is 0 Å². The molecule has 1 aliphatic heterocycles. The van der Waals surface area contributed by atoms with Crippen LogP contribution in [-0.4, -0.2) is 41.8 Å². The van der Waals surface area contributed by atoms with Crippen molar-refractivity contribution in [1.29, 1.82) is 0 Å². The normalized spacial score (nSPS) is 23.9. The van der Waals surface area contributed by atoms with Crippen LogP contribution in [0.5, 0.6) is 0 Å². The van der Waals surface area contributed by atoms with Gasteiger partial charge in [-0.3, -0.25) is 13.9 Å². The van der Waals surface area contributed by atoms with Crippen molar-refractivity contribution in [3.05, 3.63) is 71.2 Å². The van der Waals surface area contributed by atoms with Crippen LogP contribution in [-0.2, 0) is 23.2 Å². The molecule has 0 saturated carbocycles. The maximum Gasteiger partial charge on any atom is 0.223 e. The molecule has 1 aromatic heterocycles. The van der Waals surface area contributed by atoms with Crippen molar-refractivity contribution >= 4 is 16.5 Å². The van der Waals surface area contributed by atoms with Gasteiger partial charge in [-0.2, -0.15) is 15.7 Å². The third-order valence-electron chi connectivity index (χ3n) is 7.55. The summed E-state index contributed by atoms with van der Waals surface area (Å²) in [5.41, 5.74) is 10.8. The van der Waals surface area contributed by atoms with Crippen molar-refractivity contribution < 1.29 is 18.3 Å². The summed E-state index contributed by atoms with van der Waals surface area (Å²) >= 11 is 0. The molecule has 2 aromatic carbocycles. The molecule has 1 aliphatic carbocycles. The number of carbonyl (C=O) groups excluding carboxylic acids is 1. The monoisotopic (exact) mass is 526 g/mol. The summed E-state index contributed by atoms with van der Waals surface area (Å²) < 4.78 is 35.7. The van der Waals surface area contributed by atoms with Crippen molar-refractivity contribution in [3.63, 3.8) is 0 Å². The lowest BCUT2D eigenvalue weighted by atomic mass is 9.84. The number of halogens is 1. The van der Waals surface area contributed by atoms with Crippen LogP contribution >= 0.6 is 10.6 Å². The highest BCUT2D eigenvalue weighted by Crippen LogP contribution is 2.50. The molecule has 1 amide bonds. The van der Waals surface area contributed by atoms with E-state index in [0.29, 0.717) is 31.4 Å². The lowest BCUT2D eigenvalue weighted by Gasteiger charge is -2.32. The molecule has 0 radical (unpaired) electrons. The summed E-state index contributed by atoms with van der Waals surface area (Å²) in [6, 6.07) is 14.3. The van der Waals surface area contributed by atoms with Crippen molar-refractivity contribution in [2.75, 3.05) is 11.5 Å². The fraction of sp³-hybridized carbons (Fsp3) is 0.429. The van der Waals surface area contributed by atoms with Gasteiger partial charge in [0.15, 0.2) is 0 Å². The van der Waals surface area contributed by atoms with Gasteiger partial charge in [0.25, 0.3) is 0 Å². The molecule has 1 fully saturated rings. The van der Waals surface area contributed by atoms with Gasteiger partial charge in [-0.05, 0) is 75.9 Å². The van der Waals surface area contributed by atoms with Crippen molar-refractivity contribution in [3.8, 4) is 16.9 Å². The Bertz CT molecular complexity index is 1330. The van der Waals surface area contributed by atoms with Crippen molar-refractivity contribution in [2.45, 2.75) is 57.5 Å². The lowest BCUT2D eigenvalue weighted by molar-refractivity contribution is -0.126. The van der Waals surface area contributed by atoms with Crippen molar-refractivity contribution in [2.24, 2.45) is 11.7 Å². The van der Waals surface area contributed by atoms with E-state index >= 15 is 0 Å². The Morgan fingerprint density at radius 3 is 2.62 bits per heavy atom. The van der Waals surface area contributed by atoms with Crippen LogP contribution in [0, 0.1) is 11.7 Å². The van der Waals surface area contributed by atoms with E-state index in [1.165, 1.54) is 12.1 Å². The highest BCUT2D eigenvalue weighted by atomic mass is 32.3. The zero-order chi connectivity index (χ0) is 26.6. The van der Waals surface area contributed by atoms with Gasteiger partial charge in [0.2, 0.25) is 5.91 Å². The Morgan fingerprint density at radius 1 is 1.24 bits per heavy atom. The number of nitrogens with one attached hydrogen (secondary N) is 1. The summed E-state index contributed by atoms with van der Waals surface area (Å²) in [5, 5.41) is 8.08. The van der Waals surface area contributed by atoms with Gasteiger partial charge in [0, 0.05) is 40.5 Å². The highest BCUT2D eigenvalue weighted by Gasteiger charge is 2.41. The van der Waals surface area contributed by atoms with E-state index in [-0.39, 0.29) is 23.4 Å². The third-order valence-corrected chi connectivity index (χ3v) is 9.51. The quantitative estimate of drug-likeness (QED) is 0.373. The molecule has 0 spiro atoms. The summed E-state index contributed by atoms with van der Waals surface area (Å²) in [6.07, 6.45) is 2.37. The number of amides is 1. The van der Waals surface area contributed by atoms with E-state index < -0.39 is 21.7 Å². The van der Waals surface area contributed by atoms with E-state index in [2.05, 4.69) is 11.4 Å². The molecule has 2 atom stereocenters. The second-order valence-electron chi connectivity index (χ2n) is 11.4. The van der Waals surface area contributed by atoms with Gasteiger partial charge in [0.05, 0.1) is 22.7 Å². The van der Waals surface area contributed by atoms with Gasteiger partial charge in [-0.15, -0.1) is 0 Å². The fourth-order valence-corrected chi connectivity index (χ4v) is 7.63. The maximum absolute atomic E-state index is 13.7. The number of hydrogen-bond donors (Lipinski definition) is 4. The fourth-order valence-electron chi connectivity index (χ4n) is 5.47.